The van der Waals surface area contributed by atoms with Crippen LogP contribution in [0.3, 0.4) is 0 Å². The molecule has 0 saturated carbocycles. The van der Waals surface area contributed by atoms with Gasteiger partial charge in [0, 0.05) is 0 Å². The monoisotopic (exact) mass is 212 g/mol. The molecule has 1 aromatic carbocycles. The Morgan fingerprint density at radius 3 is 2.69 bits per heavy atom. The van der Waals surface area contributed by atoms with E-state index in [-0.39, 0.29) is 0 Å². The highest BCUT2D eigenvalue weighted by Gasteiger charge is 2.10. The van der Waals surface area contributed by atoms with Crippen LogP contribution in [0.25, 0.3) is 0 Å². The minimum atomic E-state index is 0.429. The Morgan fingerprint density at radius 1 is 1.31 bits per heavy atom. The standard InChI is InChI=1S/C12H12N4/c1-2-12-11(8-13)14-15-16(12)9-10-6-4-3-5-7-10/h3-7H,2,9H2,1H3. The Morgan fingerprint density at radius 2 is 2.06 bits per heavy atom. The van der Waals surface area contributed by atoms with Gasteiger partial charge in [-0.05, 0) is 12.0 Å². The second-order valence-corrected chi connectivity index (χ2v) is 3.49. The van der Waals surface area contributed by atoms with Gasteiger partial charge in [-0.15, -0.1) is 5.10 Å². The molecule has 0 saturated heterocycles. The lowest BCUT2D eigenvalue weighted by Crippen LogP contribution is -2.06. The van der Waals surface area contributed by atoms with Gasteiger partial charge in [-0.3, -0.25) is 0 Å². The van der Waals surface area contributed by atoms with Gasteiger partial charge < -0.3 is 0 Å². The average Bonchev–Trinajstić information content (AvgIpc) is 2.72. The minimum absolute atomic E-state index is 0.429. The molecule has 4 heteroatoms. The first-order chi connectivity index (χ1) is 7.85. The molecule has 0 spiro atoms. The smallest absolute Gasteiger partial charge is 0.185 e. The first-order valence-corrected chi connectivity index (χ1v) is 5.21. The van der Waals surface area contributed by atoms with E-state index in [1.165, 1.54) is 0 Å². The average molecular weight is 212 g/mol. The van der Waals surface area contributed by atoms with Crippen molar-refractivity contribution in [3.05, 3.63) is 47.3 Å². The zero-order chi connectivity index (χ0) is 11.4. The van der Waals surface area contributed by atoms with E-state index in [9.17, 15) is 0 Å². The summed E-state index contributed by atoms with van der Waals surface area (Å²) in [6.45, 7) is 2.67. The minimum Gasteiger partial charge on any atom is -0.244 e. The fourth-order valence-electron chi connectivity index (χ4n) is 1.65. The van der Waals surface area contributed by atoms with E-state index in [4.69, 9.17) is 5.26 Å². The summed E-state index contributed by atoms with van der Waals surface area (Å²) in [5, 5.41) is 16.7. The second-order valence-electron chi connectivity index (χ2n) is 3.49. The number of hydrogen-bond donors (Lipinski definition) is 0. The van der Waals surface area contributed by atoms with Crippen LogP contribution < -0.4 is 0 Å². The van der Waals surface area contributed by atoms with Gasteiger partial charge in [0.2, 0.25) is 0 Å². The lowest BCUT2D eigenvalue weighted by Gasteiger charge is -2.04. The predicted molar refractivity (Wildman–Crippen MR) is 59.7 cm³/mol. The highest BCUT2D eigenvalue weighted by atomic mass is 15.4. The molecule has 80 valence electrons. The first kappa shape index (κ1) is 10.4. The van der Waals surface area contributed by atoms with E-state index >= 15 is 0 Å². The molecule has 0 radical (unpaired) electrons. The Balaban J connectivity index is 2.29. The zero-order valence-corrected chi connectivity index (χ0v) is 9.09. The Bertz CT molecular complexity index is 508. The van der Waals surface area contributed by atoms with Gasteiger partial charge in [0.25, 0.3) is 0 Å². The molecule has 0 unspecified atom stereocenters. The lowest BCUT2D eigenvalue weighted by molar-refractivity contribution is 0.622. The van der Waals surface area contributed by atoms with Gasteiger partial charge in [0.05, 0.1) is 12.2 Å². The summed E-state index contributed by atoms with van der Waals surface area (Å²) in [6.07, 6.45) is 0.767. The summed E-state index contributed by atoms with van der Waals surface area (Å²) in [4.78, 5) is 0. The van der Waals surface area contributed by atoms with E-state index in [2.05, 4.69) is 16.4 Å². The van der Waals surface area contributed by atoms with Crippen LogP contribution in [-0.4, -0.2) is 15.0 Å². The van der Waals surface area contributed by atoms with Gasteiger partial charge >= 0.3 is 0 Å². The number of hydrogen-bond acceptors (Lipinski definition) is 3. The Labute approximate surface area is 94.1 Å². The van der Waals surface area contributed by atoms with Crippen molar-refractivity contribution < 1.29 is 0 Å². The van der Waals surface area contributed by atoms with Crippen molar-refractivity contribution in [1.29, 1.82) is 5.26 Å². The largest absolute Gasteiger partial charge is 0.244 e. The molecule has 0 fully saturated rings. The zero-order valence-electron chi connectivity index (χ0n) is 9.09. The molecule has 0 atom stereocenters. The van der Waals surface area contributed by atoms with Crippen LogP contribution in [0.4, 0.5) is 0 Å². The van der Waals surface area contributed by atoms with Crippen molar-refractivity contribution in [2.45, 2.75) is 19.9 Å². The fourth-order valence-corrected chi connectivity index (χ4v) is 1.65. The molecule has 4 nitrogen and oxygen atoms in total. The summed E-state index contributed by atoms with van der Waals surface area (Å²) < 4.78 is 1.79. The number of rotatable bonds is 3. The summed E-state index contributed by atoms with van der Waals surface area (Å²) in [5.41, 5.74) is 2.48. The van der Waals surface area contributed by atoms with Crippen molar-refractivity contribution in [1.82, 2.24) is 15.0 Å². The van der Waals surface area contributed by atoms with E-state index in [0.717, 1.165) is 17.7 Å². The predicted octanol–water partition coefficient (Wildman–Crippen LogP) is 1.76. The van der Waals surface area contributed by atoms with Crippen LogP contribution in [-0.2, 0) is 13.0 Å². The number of nitriles is 1. The van der Waals surface area contributed by atoms with Crippen LogP contribution in [0.5, 0.6) is 0 Å². The molecular weight excluding hydrogens is 200 g/mol. The molecule has 0 bridgehead atoms. The lowest BCUT2D eigenvalue weighted by atomic mass is 10.2. The van der Waals surface area contributed by atoms with Gasteiger partial charge in [0.15, 0.2) is 5.69 Å². The van der Waals surface area contributed by atoms with Gasteiger partial charge in [0.1, 0.15) is 6.07 Å². The third-order valence-corrected chi connectivity index (χ3v) is 2.45. The molecule has 0 aliphatic heterocycles. The fraction of sp³-hybridized carbons (Fsp3) is 0.250. The van der Waals surface area contributed by atoms with Crippen molar-refractivity contribution in [2.75, 3.05) is 0 Å². The molecular formula is C12H12N4. The Kier molecular flexibility index (Phi) is 2.97. The van der Waals surface area contributed by atoms with Crippen LogP contribution >= 0.6 is 0 Å². The van der Waals surface area contributed by atoms with Crippen molar-refractivity contribution in [3.63, 3.8) is 0 Å². The molecule has 0 aliphatic carbocycles. The first-order valence-electron chi connectivity index (χ1n) is 5.21. The maximum atomic E-state index is 8.86. The topological polar surface area (TPSA) is 54.5 Å². The van der Waals surface area contributed by atoms with Gasteiger partial charge in [-0.2, -0.15) is 5.26 Å². The quantitative estimate of drug-likeness (QED) is 0.779. The maximum absolute atomic E-state index is 8.86. The number of aromatic nitrogens is 3. The molecule has 0 aliphatic rings. The van der Waals surface area contributed by atoms with Crippen LogP contribution in [0.1, 0.15) is 23.9 Å². The molecule has 16 heavy (non-hydrogen) atoms. The third kappa shape index (κ3) is 1.94. The molecule has 2 rings (SSSR count). The number of benzene rings is 1. The summed E-state index contributed by atoms with van der Waals surface area (Å²) >= 11 is 0. The van der Waals surface area contributed by atoms with Crippen LogP contribution in [0, 0.1) is 11.3 Å². The summed E-state index contributed by atoms with van der Waals surface area (Å²) in [7, 11) is 0. The Hall–Kier alpha value is -2.15. The molecule has 0 amide bonds. The maximum Gasteiger partial charge on any atom is 0.185 e. The summed E-state index contributed by atoms with van der Waals surface area (Å²) in [6, 6.07) is 12.1. The SMILES string of the molecule is CCc1c(C#N)nnn1Cc1ccccc1. The summed E-state index contributed by atoms with van der Waals surface area (Å²) in [5.74, 6) is 0. The molecule has 2 aromatic rings. The van der Waals surface area contributed by atoms with E-state index in [0.29, 0.717) is 12.2 Å². The van der Waals surface area contributed by atoms with Crippen molar-refractivity contribution >= 4 is 0 Å². The highest BCUT2D eigenvalue weighted by molar-refractivity contribution is 5.25. The van der Waals surface area contributed by atoms with Gasteiger partial charge in [-0.25, -0.2) is 4.68 Å². The van der Waals surface area contributed by atoms with E-state index in [1.54, 1.807) is 4.68 Å². The van der Waals surface area contributed by atoms with Crippen LogP contribution in [0.15, 0.2) is 30.3 Å². The van der Waals surface area contributed by atoms with Gasteiger partial charge in [-0.1, -0.05) is 42.5 Å². The molecule has 0 N–H and O–H groups in total. The van der Waals surface area contributed by atoms with Crippen LogP contribution in [0.2, 0.25) is 0 Å². The third-order valence-electron chi connectivity index (χ3n) is 2.45. The normalized spacial score (nSPS) is 10.0. The molecule has 1 heterocycles. The highest BCUT2D eigenvalue weighted by Crippen LogP contribution is 2.08. The van der Waals surface area contributed by atoms with Crippen molar-refractivity contribution in [2.24, 2.45) is 0 Å². The van der Waals surface area contributed by atoms with Crippen molar-refractivity contribution in [3.8, 4) is 6.07 Å². The van der Waals surface area contributed by atoms with E-state index in [1.807, 2.05) is 37.3 Å². The molecule has 1 aromatic heterocycles. The van der Waals surface area contributed by atoms with E-state index < -0.39 is 0 Å². The number of nitrogens with zero attached hydrogens (tertiary/aromatic N) is 4. The second kappa shape index (κ2) is 4.58.